The molecule has 130 valence electrons. The summed E-state index contributed by atoms with van der Waals surface area (Å²) >= 11 is 1.39. The Kier molecular flexibility index (Phi) is 6.43. The number of nitrogens with one attached hydrogen (secondary N) is 1. The average molecular weight is 347 g/mol. The highest BCUT2D eigenvalue weighted by Crippen LogP contribution is 2.24. The van der Waals surface area contributed by atoms with Gasteiger partial charge in [0.15, 0.2) is 5.16 Å². The molecule has 6 heteroatoms. The standard InChI is InChI=1S/C18H26N4OS/c1-12(2)14-6-8-15(9-7-14)17(13(3)4)20-16(23)10-24-18-21-19-11-22(18)5/h6-9,11-13,17H,10H2,1-5H3,(H,20,23). The van der Waals surface area contributed by atoms with E-state index in [4.69, 9.17) is 0 Å². The molecule has 1 heterocycles. The number of aromatic nitrogens is 3. The quantitative estimate of drug-likeness (QED) is 0.779. The van der Waals surface area contributed by atoms with Gasteiger partial charge in [0.05, 0.1) is 11.8 Å². The summed E-state index contributed by atoms with van der Waals surface area (Å²) in [4.78, 5) is 12.3. The molecule has 0 saturated heterocycles. The summed E-state index contributed by atoms with van der Waals surface area (Å²) in [6.45, 7) is 8.61. The number of nitrogens with zero attached hydrogens (tertiary/aromatic N) is 3. The molecule has 24 heavy (non-hydrogen) atoms. The van der Waals surface area contributed by atoms with Crippen LogP contribution in [0.25, 0.3) is 0 Å². The molecule has 1 aromatic heterocycles. The zero-order valence-corrected chi connectivity index (χ0v) is 15.8. The van der Waals surface area contributed by atoms with Crippen LogP contribution in [0.1, 0.15) is 50.8 Å². The summed E-state index contributed by atoms with van der Waals surface area (Å²) in [5, 5.41) is 11.7. The molecular weight excluding hydrogens is 320 g/mol. The maximum Gasteiger partial charge on any atom is 0.230 e. The van der Waals surface area contributed by atoms with Crippen LogP contribution >= 0.6 is 11.8 Å². The average Bonchev–Trinajstić information content (AvgIpc) is 2.95. The Balaban J connectivity index is 2.00. The minimum Gasteiger partial charge on any atom is -0.348 e. The maximum absolute atomic E-state index is 12.3. The van der Waals surface area contributed by atoms with Crippen molar-refractivity contribution >= 4 is 17.7 Å². The number of amides is 1. The van der Waals surface area contributed by atoms with Gasteiger partial charge in [-0.15, -0.1) is 10.2 Å². The molecule has 0 aliphatic rings. The van der Waals surface area contributed by atoms with E-state index in [1.54, 1.807) is 6.33 Å². The molecule has 0 radical (unpaired) electrons. The molecule has 0 bridgehead atoms. The van der Waals surface area contributed by atoms with Gasteiger partial charge in [-0.1, -0.05) is 63.7 Å². The van der Waals surface area contributed by atoms with Crippen molar-refractivity contribution < 1.29 is 4.79 Å². The van der Waals surface area contributed by atoms with Gasteiger partial charge in [-0.25, -0.2) is 0 Å². The molecule has 2 rings (SSSR count). The van der Waals surface area contributed by atoms with E-state index in [0.29, 0.717) is 17.6 Å². The van der Waals surface area contributed by atoms with Gasteiger partial charge >= 0.3 is 0 Å². The molecular formula is C18H26N4OS. The fraction of sp³-hybridized carbons (Fsp3) is 0.500. The van der Waals surface area contributed by atoms with Crippen LogP contribution in [0, 0.1) is 5.92 Å². The first-order chi connectivity index (χ1) is 11.4. The van der Waals surface area contributed by atoms with Crippen molar-refractivity contribution in [3.63, 3.8) is 0 Å². The highest BCUT2D eigenvalue weighted by Gasteiger charge is 2.19. The molecule has 0 fully saturated rings. The van der Waals surface area contributed by atoms with Crippen LogP contribution in [-0.2, 0) is 11.8 Å². The lowest BCUT2D eigenvalue weighted by atomic mass is 9.93. The number of hydrogen-bond donors (Lipinski definition) is 1. The molecule has 5 nitrogen and oxygen atoms in total. The monoisotopic (exact) mass is 346 g/mol. The summed E-state index contributed by atoms with van der Waals surface area (Å²) in [7, 11) is 1.87. The van der Waals surface area contributed by atoms with Crippen molar-refractivity contribution in [2.24, 2.45) is 13.0 Å². The lowest BCUT2D eigenvalue weighted by molar-refractivity contribution is -0.119. The van der Waals surface area contributed by atoms with E-state index in [9.17, 15) is 4.79 Å². The summed E-state index contributed by atoms with van der Waals surface area (Å²) in [5.74, 6) is 1.17. The van der Waals surface area contributed by atoms with Crippen molar-refractivity contribution in [2.45, 2.75) is 44.8 Å². The van der Waals surface area contributed by atoms with Crippen LogP contribution in [0.3, 0.4) is 0 Å². The number of carbonyl (C=O) groups is 1. The number of rotatable bonds is 7. The van der Waals surface area contributed by atoms with Crippen LogP contribution in [0.4, 0.5) is 0 Å². The summed E-state index contributed by atoms with van der Waals surface area (Å²) in [5.41, 5.74) is 2.46. The second-order valence-electron chi connectivity index (χ2n) is 6.62. The fourth-order valence-corrected chi connectivity index (χ4v) is 3.17. The normalized spacial score (nSPS) is 12.6. The van der Waals surface area contributed by atoms with Gasteiger partial charge in [0.1, 0.15) is 6.33 Å². The summed E-state index contributed by atoms with van der Waals surface area (Å²) < 4.78 is 1.81. The van der Waals surface area contributed by atoms with Gasteiger partial charge in [0, 0.05) is 7.05 Å². The van der Waals surface area contributed by atoms with E-state index in [1.807, 2.05) is 11.6 Å². The first-order valence-electron chi connectivity index (χ1n) is 8.24. The molecule has 0 spiro atoms. The maximum atomic E-state index is 12.3. The van der Waals surface area contributed by atoms with E-state index in [1.165, 1.54) is 17.3 Å². The molecule has 1 amide bonds. The molecule has 1 N–H and O–H groups in total. The molecule has 2 aromatic rings. The van der Waals surface area contributed by atoms with Crippen molar-refractivity contribution in [2.75, 3.05) is 5.75 Å². The number of benzene rings is 1. The van der Waals surface area contributed by atoms with E-state index < -0.39 is 0 Å². The van der Waals surface area contributed by atoms with Gasteiger partial charge < -0.3 is 9.88 Å². The largest absolute Gasteiger partial charge is 0.348 e. The summed E-state index contributed by atoms with van der Waals surface area (Å²) in [6, 6.07) is 8.55. The third kappa shape index (κ3) is 4.84. The SMILES string of the molecule is CC(C)c1ccc(C(NC(=O)CSc2nncn2C)C(C)C)cc1. The number of aryl methyl sites for hydroxylation is 1. The van der Waals surface area contributed by atoms with Gasteiger partial charge in [0.2, 0.25) is 5.91 Å². The predicted molar refractivity (Wildman–Crippen MR) is 98.0 cm³/mol. The first-order valence-corrected chi connectivity index (χ1v) is 9.23. The van der Waals surface area contributed by atoms with Crippen molar-refractivity contribution in [3.05, 3.63) is 41.7 Å². The molecule has 1 unspecified atom stereocenters. The lowest BCUT2D eigenvalue weighted by Crippen LogP contribution is -2.33. The van der Waals surface area contributed by atoms with Crippen molar-refractivity contribution in [1.82, 2.24) is 20.1 Å². The Hall–Kier alpha value is -1.82. The second kappa shape index (κ2) is 8.33. The molecule has 1 aromatic carbocycles. The van der Waals surface area contributed by atoms with Gasteiger partial charge in [-0.2, -0.15) is 0 Å². The topological polar surface area (TPSA) is 59.8 Å². The van der Waals surface area contributed by atoms with Crippen LogP contribution in [0.15, 0.2) is 35.7 Å². The van der Waals surface area contributed by atoms with E-state index in [-0.39, 0.29) is 11.9 Å². The fourth-order valence-electron chi connectivity index (χ4n) is 2.47. The predicted octanol–water partition coefficient (Wildman–Crippen LogP) is 3.54. The van der Waals surface area contributed by atoms with Gasteiger partial charge in [-0.05, 0) is 23.0 Å². The number of thioether (sulfide) groups is 1. The zero-order valence-electron chi connectivity index (χ0n) is 15.0. The minimum absolute atomic E-state index is 0.00892. The Morgan fingerprint density at radius 2 is 1.79 bits per heavy atom. The van der Waals surface area contributed by atoms with Gasteiger partial charge in [0.25, 0.3) is 0 Å². The van der Waals surface area contributed by atoms with E-state index in [0.717, 1.165) is 10.7 Å². The molecule has 0 saturated carbocycles. The van der Waals surface area contributed by atoms with Gasteiger partial charge in [-0.3, -0.25) is 4.79 Å². The second-order valence-corrected chi connectivity index (χ2v) is 7.57. The lowest BCUT2D eigenvalue weighted by Gasteiger charge is -2.23. The van der Waals surface area contributed by atoms with Crippen molar-refractivity contribution in [1.29, 1.82) is 0 Å². The smallest absolute Gasteiger partial charge is 0.230 e. The Bertz CT molecular complexity index is 664. The van der Waals surface area contributed by atoms with Crippen LogP contribution in [0.2, 0.25) is 0 Å². The third-order valence-electron chi connectivity index (χ3n) is 3.95. The van der Waals surface area contributed by atoms with E-state index >= 15 is 0 Å². The molecule has 1 atom stereocenters. The number of hydrogen-bond acceptors (Lipinski definition) is 4. The van der Waals surface area contributed by atoms with E-state index in [2.05, 4.69) is 67.5 Å². The minimum atomic E-state index is 0.00892. The highest BCUT2D eigenvalue weighted by molar-refractivity contribution is 7.99. The zero-order chi connectivity index (χ0) is 17.7. The van der Waals surface area contributed by atoms with Crippen molar-refractivity contribution in [3.8, 4) is 0 Å². The molecule has 0 aliphatic heterocycles. The summed E-state index contributed by atoms with van der Waals surface area (Å²) in [6.07, 6.45) is 1.63. The van der Waals surface area contributed by atoms with Crippen LogP contribution in [0.5, 0.6) is 0 Å². The Labute approximate surface area is 148 Å². The van der Waals surface area contributed by atoms with Crippen LogP contribution in [-0.4, -0.2) is 26.4 Å². The number of carbonyl (C=O) groups excluding carboxylic acids is 1. The first kappa shape index (κ1) is 18.5. The highest BCUT2D eigenvalue weighted by atomic mass is 32.2. The Morgan fingerprint density at radius 1 is 1.17 bits per heavy atom. The Morgan fingerprint density at radius 3 is 2.29 bits per heavy atom. The molecule has 0 aliphatic carbocycles. The third-order valence-corrected chi connectivity index (χ3v) is 4.98. The van der Waals surface area contributed by atoms with Crippen LogP contribution < -0.4 is 5.32 Å².